The highest BCUT2D eigenvalue weighted by Gasteiger charge is 2.07. The van der Waals surface area contributed by atoms with Gasteiger partial charge in [-0.2, -0.15) is 0 Å². The summed E-state index contributed by atoms with van der Waals surface area (Å²) < 4.78 is 10.9. The maximum atomic E-state index is 10.6. The third-order valence-electron chi connectivity index (χ3n) is 2.26. The standard InChI is InChI=1S/C13H12O3S/c1-9-3-4-12(13(5-9)15-2)16-10-6-11(7-14)17-8-10/h3-8H,1-2H3. The highest BCUT2D eigenvalue weighted by Crippen LogP contribution is 2.33. The van der Waals surface area contributed by atoms with E-state index in [-0.39, 0.29) is 0 Å². The number of methoxy groups -OCH3 is 1. The Hall–Kier alpha value is -1.81. The molecule has 17 heavy (non-hydrogen) atoms. The van der Waals surface area contributed by atoms with Gasteiger partial charge in [0.1, 0.15) is 5.75 Å². The Morgan fingerprint density at radius 3 is 2.71 bits per heavy atom. The van der Waals surface area contributed by atoms with Crippen LogP contribution in [-0.4, -0.2) is 13.4 Å². The molecule has 88 valence electrons. The van der Waals surface area contributed by atoms with Crippen molar-refractivity contribution in [2.24, 2.45) is 0 Å². The van der Waals surface area contributed by atoms with Crippen molar-refractivity contribution in [3.05, 3.63) is 40.1 Å². The van der Waals surface area contributed by atoms with Gasteiger partial charge in [0.15, 0.2) is 17.8 Å². The molecule has 1 aromatic heterocycles. The zero-order valence-electron chi connectivity index (χ0n) is 9.60. The van der Waals surface area contributed by atoms with E-state index in [0.717, 1.165) is 11.8 Å². The second-order valence-corrected chi connectivity index (χ2v) is 4.50. The first-order chi connectivity index (χ1) is 8.22. The molecule has 3 nitrogen and oxygen atoms in total. The highest BCUT2D eigenvalue weighted by atomic mass is 32.1. The zero-order valence-corrected chi connectivity index (χ0v) is 10.4. The van der Waals surface area contributed by atoms with Gasteiger partial charge in [0.05, 0.1) is 12.0 Å². The molecule has 0 fully saturated rings. The minimum Gasteiger partial charge on any atom is -0.493 e. The molecule has 0 aliphatic carbocycles. The first-order valence-corrected chi connectivity index (χ1v) is 5.97. The number of rotatable bonds is 4. The van der Waals surface area contributed by atoms with Crippen molar-refractivity contribution in [3.63, 3.8) is 0 Å². The van der Waals surface area contributed by atoms with E-state index in [2.05, 4.69) is 0 Å². The van der Waals surface area contributed by atoms with Crippen LogP contribution in [0.25, 0.3) is 0 Å². The second kappa shape index (κ2) is 5.01. The molecule has 0 aliphatic heterocycles. The zero-order chi connectivity index (χ0) is 12.3. The largest absolute Gasteiger partial charge is 0.493 e. The summed E-state index contributed by atoms with van der Waals surface area (Å²) in [5, 5.41) is 1.79. The molecule has 1 aromatic carbocycles. The van der Waals surface area contributed by atoms with Gasteiger partial charge in [0.2, 0.25) is 0 Å². The van der Waals surface area contributed by atoms with Crippen molar-refractivity contribution in [2.75, 3.05) is 7.11 Å². The van der Waals surface area contributed by atoms with Crippen LogP contribution >= 0.6 is 11.3 Å². The number of hydrogen-bond donors (Lipinski definition) is 0. The molecule has 0 saturated carbocycles. The molecule has 0 spiro atoms. The van der Waals surface area contributed by atoms with Crippen LogP contribution in [0.2, 0.25) is 0 Å². The maximum absolute atomic E-state index is 10.6. The molecule has 0 bridgehead atoms. The van der Waals surface area contributed by atoms with Crippen molar-refractivity contribution in [1.82, 2.24) is 0 Å². The maximum Gasteiger partial charge on any atom is 0.169 e. The van der Waals surface area contributed by atoms with E-state index in [1.807, 2.05) is 25.1 Å². The first kappa shape index (κ1) is 11.7. The molecule has 0 aliphatic rings. The van der Waals surface area contributed by atoms with Crippen molar-refractivity contribution in [1.29, 1.82) is 0 Å². The summed E-state index contributed by atoms with van der Waals surface area (Å²) in [6.07, 6.45) is 0.809. The van der Waals surface area contributed by atoms with Crippen LogP contribution < -0.4 is 9.47 Å². The Kier molecular flexibility index (Phi) is 3.44. The van der Waals surface area contributed by atoms with Gasteiger partial charge >= 0.3 is 0 Å². The van der Waals surface area contributed by atoms with Gasteiger partial charge in [0, 0.05) is 11.4 Å². The lowest BCUT2D eigenvalue weighted by Gasteiger charge is -2.09. The third-order valence-corrected chi connectivity index (χ3v) is 3.10. The lowest BCUT2D eigenvalue weighted by atomic mass is 10.2. The Labute approximate surface area is 104 Å². The molecule has 2 aromatic rings. The summed E-state index contributed by atoms with van der Waals surface area (Å²) in [6, 6.07) is 7.41. The normalized spacial score (nSPS) is 10.0. The number of thiophene rings is 1. The van der Waals surface area contributed by atoms with Gasteiger partial charge in [-0.15, -0.1) is 11.3 Å². The van der Waals surface area contributed by atoms with E-state index < -0.39 is 0 Å². The Balaban J connectivity index is 2.25. The Bertz CT molecular complexity index is 531. The van der Waals surface area contributed by atoms with E-state index in [1.54, 1.807) is 18.6 Å². The molecular weight excluding hydrogens is 236 g/mol. The van der Waals surface area contributed by atoms with E-state index in [1.165, 1.54) is 11.3 Å². The van der Waals surface area contributed by atoms with Crippen LogP contribution in [0.15, 0.2) is 29.6 Å². The third kappa shape index (κ3) is 2.65. The molecule has 0 atom stereocenters. The van der Waals surface area contributed by atoms with Crippen LogP contribution in [-0.2, 0) is 0 Å². The Morgan fingerprint density at radius 1 is 1.24 bits per heavy atom. The van der Waals surface area contributed by atoms with E-state index in [0.29, 0.717) is 22.1 Å². The van der Waals surface area contributed by atoms with Crippen LogP contribution in [0.3, 0.4) is 0 Å². The van der Waals surface area contributed by atoms with E-state index in [4.69, 9.17) is 9.47 Å². The smallest absolute Gasteiger partial charge is 0.169 e. The number of carbonyl (C=O) groups excluding carboxylic acids is 1. The molecule has 0 radical (unpaired) electrons. The van der Waals surface area contributed by atoms with Crippen molar-refractivity contribution in [3.8, 4) is 17.2 Å². The summed E-state index contributed by atoms with van der Waals surface area (Å²) in [6.45, 7) is 1.99. The van der Waals surface area contributed by atoms with Crippen molar-refractivity contribution >= 4 is 17.6 Å². The molecule has 2 rings (SSSR count). The molecule has 0 saturated heterocycles. The minimum absolute atomic E-state index is 0.645. The molecule has 1 heterocycles. The minimum atomic E-state index is 0.645. The molecular formula is C13H12O3S. The van der Waals surface area contributed by atoms with Crippen molar-refractivity contribution in [2.45, 2.75) is 6.92 Å². The molecule has 0 N–H and O–H groups in total. The van der Waals surface area contributed by atoms with Crippen molar-refractivity contribution < 1.29 is 14.3 Å². The van der Waals surface area contributed by atoms with E-state index in [9.17, 15) is 4.79 Å². The fourth-order valence-electron chi connectivity index (χ4n) is 1.44. The fourth-order valence-corrected chi connectivity index (χ4v) is 2.04. The number of carbonyl (C=O) groups is 1. The molecule has 0 amide bonds. The van der Waals surface area contributed by atoms with Gasteiger partial charge in [0.25, 0.3) is 0 Å². The quantitative estimate of drug-likeness (QED) is 0.774. The summed E-state index contributed by atoms with van der Waals surface area (Å²) in [5.41, 5.74) is 1.10. The number of hydrogen-bond acceptors (Lipinski definition) is 4. The summed E-state index contributed by atoms with van der Waals surface area (Å²) in [7, 11) is 1.60. The lowest BCUT2D eigenvalue weighted by Crippen LogP contribution is -1.90. The summed E-state index contributed by atoms with van der Waals surface area (Å²) in [5.74, 6) is 1.98. The molecule has 0 unspecified atom stereocenters. The van der Waals surface area contributed by atoms with Crippen LogP contribution in [0.5, 0.6) is 17.2 Å². The predicted octanol–water partition coefficient (Wildman–Crippen LogP) is 3.67. The van der Waals surface area contributed by atoms with Crippen LogP contribution in [0.1, 0.15) is 15.2 Å². The summed E-state index contributed by atoms with van der Waals surface area (Å²) >= 11 is 1.35. The van der Waals surface area contributed by atoms with Gasteiger partial charge in [-0.25, -0.2) is 0 Å². The summed E-state index contributed by atoms with van der Waals surface area (Å²) in [4.78, 5) is 11.2. The lowest BCUT2D eigenvalue weighted by molar-refractivity contribution is 0.112. The van der Waals surface area contributed by atoms with Crippen LogP contribution in [0, 0.1) is 6.92 Å². The Morgan fingerprint density at radius 2 is 2.06 bits per heavy atom. The average molecular weight is 248 g/mol. The SMILES string of the molecule is COc1cc(C)ccc1Oc1csc(C=O)c1. The number of ether oxygens (including phenoxy) is 2. The number of aldehydes is 1. The van der Waals surface area contributed by atoms with Gasteiger partial charge in [-0.05, 0) is 24.6 Å². The van der Waals surface area contributed by atoms with Crippen LogP contribution in [0.4, 0.5) is 0 Å². The van der Waals surface area contributed by atoms with Gasteiger partial charge < -0.3 is 9.47 Å². The fraction of sp³-hybridized carbons (Fsp3) is 0.154. The monoisotopic (exact) mass is 248 g/mol. The van der Waals surface area contributed by atoms with Gasteiger partial charge in [-0.1, -0.05) is 6.07 Å². The highest BCUT2D eigenvalue weighted by molar-refractivity contribution is 7.11. The number of benzene rings is 1. The first-order valence-electron chi connectivity index (χ1n) is 5.09. The van der Waals surface area contributed by atoms with E-state index >= 15 is 0 Å². The predicted molar refractivity (Wildman–Crippen MR) is 67.5 cm³/mol. The second-order valence-electron chi connectivity index (χ2n) is 3.56. The topological polar surface area (TPSA) is 35.5 Å². The molecule has 4 heteroatoms. The van der Waals surface area contributed by atoms with Gasteiger partial charge in [-0.3, -0.25) is 4.79 Å². The number of aryl methyl sites for hydroxylation is 1. The average Bonchev–Trinajstić information content (AvgIpc) is 2.79.